The molecule has 0 aliphatic carbocycles. The molecule has 1 N–H and O–H groups in total. The number of hydrogen-bond acceptors (Lipinski definition) is 3. The zero-order chi connectivity index (χ0) is 12.3. The highest BCUT2D eigenvalue weighted by Crippen LogP contribution is 2.25. The van der Waals surface area contributed by atoms with Gasteiger partial charge in [-0.2, -0.15) is 0 Å². The SMILES string of the molecule is CCc1cc(=O)[nH]c(-c2ccccc2OC)n1. The summed E-state index contributed by atoms with van der Waals surface area (Å²) in [4.78, 5) is 18.6. The van der Waals surface area contributed by atoms with E-state index in [1.54, 1.807) is 7.11 Å². The van der Waals surface area contributed by atoms with E-state index in [0.29, 0.717) is 11.6 Å². The molecule has 1 heterocycles. The number of nitrogens with zero attached hydrogens (tertiary/aromatic N) is 1. The van der Waals surface area contributed by atoms with Crippen molar-refractivity contribution in [3.8, 4) is 17.1 Å². The Morgan fingerprint density at radius 2 is 2.12 bits per heavy atom. The summed E-state index contributed by atoms with van der Waals surface area (Å²) in [6.07, 6.45) is 0.728. The molecule has 0 atom stereocenters. The van der Waals surface area contributed by atoms with Crippen LogP contribution < -0.4 is 10.3 Å². The van der Waals surface area contributed by atoms with Crippen LogP contribution in [0.1, 0.15) is 12.6 Å². The quantitative estimate of drug-likeness (QED) is 0.877. The fourth-order valence-electron chi connectivity index (χ4n) is 1.66. The summed E-state index contributed by atoms with van der Waals surface area (Å²) in [5.41, 5.74) is 1.43. The Morgan fingerprint density at radius 3 is 2.82 bits per heavy atom. The van der Waals surface area contributed by atoms with Crippen LogP contribution in [0.3, 0.4) is 0 Å². The lowest BCUT2D eigenvalue weighted by Gasteiger charge is -2.07. The predicted octanol–water partition coefficient (Wildman–Crippen LogP) is 2.01. The van der Waals surface area contributed by atoms with Crippen molar-refractivity contribution in [3.63, 3.8) is 0 Å². The van der Waals surface area contributed by atoms with Gasteiger partial charge in [0.2, 0.25) is 0 Å². The number of nitrogens with one attached hydrogen (secondary N) is 1. The number of methoxy groups -OCH3 is 1. The van der Waals surface area contributed by atoms with E-state index in [4.69, 9.17) is 4.74 Å². The highest BCUT2D eigenvalue weighted by Gasteiger charge is 2.08. The van der Waals surface area contributed by atoms with E-state index in [0.717, 1.165) is 17.7 Å². The number of aromatic nitrogens is 2. The first-order valence-electron chi connectivity index (χ1n) is 5.48. The molecule has 0 aliphatic rings. The van der Waals surface area contributed by atoms with Crippen LogP contribution in [0.25, 0.3) is 11.4 Å². The van der Waals surface area contributed by atoms with E-state index in [2.05, 4.69) is 9.97 Å². The zero-order valence-corrected chi connectivity index (χ0v) is 9.86. The topological polar surface area (TPSA) is 55.0 Å². The molecule has 1 aromatic heterocycles. The normalized spacial score (nSPS) is 10.2. The Morgan fingerprint density at radius 1 is 1.35 bits per heavy atom. The van der Waals surface area contributed by atoms with E-state index < -0.39 is 0 Å². The van der Waals surface area contributed by atoms with Crippen LogP contribution in [0.5, 0.6) is 5.75 Å². The second-order valence-corrected chi connectivity index (χ2v) is 3.64. The third-order valence-electron chi connectivity index (χ3n) is 2.52. The molecule has 2 rings (SSSR count). The lowest BCUT2D eigenvalue weighted by atomic mass is 10.2. The molecule has 0 fully saturated rings. The molecule has 0 bridgehead atoms. The van der Waals surface area contributed by atoms with Gasteiger partial charge in [0.05, 0.1) is 12.7 Å². The Kier molecular flexibility index (Phi) is 3.23. The number of rotatable bonds is 3. The maximum absolute atomic E-state index is 11.5. The van der Waals surface area contributed by atoms with Crippen molar-refractivity contribution < 1.29 is 4.74 Å². The van der Waals surface area contributed by atoms with E-state index >= 15 is 0 Å². The van der Waals surface area contributed by atoms with Crippen LogP contribution in [0.4, 0.5) is 0 Å². The van der Waals surface area contributed by atoms with Crippen LogP contribution in [-0.4, -0.2) is 17.1 Å². The number of aromatic amines is 1. The number of ether oxygens (including phenoxy) is 1. The fraction of sp³-hybridized carbons (Fsp3) is 0.231. The third-order valence-corrected chi connectivity index (χ3v) is 2.52. The number of aryl methyl sites for hydroxylation is 1. The summed E-state index contributed by atoms with van der Waals surface area (Å²) in [6.45, 7) is 1.97. The predicted molar refractivity (Wildman–Crippen MR) is 66.2 cm³/mol. The highest BCUT2D eigenvalue weighted by molar-refractivity contribution is 5.63. The molecule has 4 nitrogen and oxygen atoms in total. The molecule has 17 heavy (non-hydrogen) atoms. The zero-order valence-electron chi connectivity index (χ0n) is 9.86. The Labute approximate surface area is 99.3 Å². The van der Waals surface area contributed by atoms with Gasteiger partial charge in [0.25, 0.3) is 5.56 Å². The summed E-state index contributed by atoms with van der Waals surface area (Å²) in [5, 5.41) is 0. The smallest absolute Gasteiger partial charge is 0.251 e. The molecule has 2 aromatic rings. The number of hydrogen-bond donors (Lipinski definition) is 1. The molecule has 0 saturated heterocycles. The Hall–Kier alpha value is -2.10. The van der Waals surface area contributed by atoms with Crippen LogP contribution in [0.2, 0.25) is 0 Å². The van der Waals surface area contributed by atoms with Gasteiger partial charge in [0.1, 0.15) is 11.6 Å². The standard InChI is InChI=1S/C13H14N2O2/c1-3-9-8-12(16)15-13(14-9)10-6-4-5-7-11(10)17-2/h4-8H,3H2,1-2H3,(H,14,15,16). The second-order valence-electron chi connectivity index (χ2n) is 3.64. The van der Waals surface area contributed by atoms with E-state index in [1.165, 1.54) is 6.07 Å². The summed E-state index contributed by atoms with van der Waals surface area (Å²) < 4.78 is 5.25. The minimum atomic E-state index is -0.141. The van der Waals surface area contributed by atoms with Gasteiger partial charge >= 0.3 is 0 Å². The number of H-pyrrole nitrogens is 1. The molecular formula is C13H14N2O2. The molecule has 0 saturated carbocycles. The van der Waals surface area contributed by atoms with Gasteiger partial charge in [-0.25, -0.2) is 4.98 Å². The van der Waals surface area contributed by atoms with Crippen molar-refractivity contribution in [2.45, 2.75) is 13.3 Å². The van der Waals surface area contributed by atoms with Crippen LogP contribution in [-0.2, 0) is 6.42 Å². The molecule has 0 amide bonds. The van der Waals surface area contributed by atoms with Gasteiger partial charge in [0, 0.05) is 11.8 Å². The summed E-state index contributed by atoms with van der Waals surface area (Å²) in [6, 6.07) is 8.99. The number of benzene rings is 1. The van der Waals surface area contributed by atoms with Crippen LogP contribution >= 0.6 is 0 Å². The first kappa shape index (κ1) is 11.4. The van der Waals surface area contributed by atoms with Gasteiger partial charge in [-0.05, 0) is 18.6 Å². The molecule has 0 radical (unpaired) electrons. The van der Waals surface area contributed by atoms with Crippen molar-refractivity contribution in [2.24, 2.45) is 0 Å². The first-order chi connectivity index (χ1) is 8.24. The lowest BCUT2D eigenvalue weighted by Crippen LogP contribution is -2.10. The molecule has 88 valence electrons. The summed E-state index contributed by atoms with van der Waals surface area (Å²) >= 11 is 0. The Bertz CT molecular complexity index is 576. The van der Waals surface area contributed by atoms with Gasteiger partial charge < -0.3 is 9.72 Å². The third kappa shape index (κ3) is 2.36. The summed E-state index contributed by atoms with van der Waals surface area (Å²) in [5.74, 6) is 1.25. The monoisotopic (exact) mass is 230 g/mol. The lowest BCUT2D eigenvalue weighted by molar-refractivity contribution is 0.416. The average molecular weight is 230 g/mol. The van der Waals surface area contributed by atoms with E-state index in [-0.39, 0.29) is 5.56 Å². The van der Waals surface area contributed by atoms with Gasteiger partial charge in [-0.15, -0.1) is 0 Å². The van der Waals surface area contributed by atoms with Crippen molar-refractivity contribution in [3.05, 3.63) is 46.4 Å². The van der Waals surface area contributed by atoms with Crippen molar-refractivity contribution in [1.82, 2.24) is 9.97 Å². The molecule has 0 spiro atoms. The fourth-order valence-corrected chi connectivity index (χ4v) is 1.66. The van der Waals surface area contributed by atoms with Gasteiger partial charge in [-0.1, -0.05) is 19.1 Å². The number of para-hydroxylation sites is 1. The Balaban J connectivity index is 2.59. The maximum Gasteiger partial charge on any atom is 0.251 e. The molecular weight excluding hydrogens is 216 g/mol. The molecule has 4 heteroatoms. The molecule has 1 aromatic carbocycles. The minimum absolute atomic E-state index is 0.141. The van der Waals surface area contributed by atoms with Crippen LogP contribution in [0, 0.1) is 0 Å². The largest absolute Gasteiger partial charge is 0.496 e. The average Bonchev–Trinajstić information content (AvgIpc) is 2.37. The van der Waals surface area contributed by atoms with Crippen LogP contribution in [0.15, 0.2) is 35.1 Å². The minimum Gasteiger partial charge on any atom is -0.496 e. The van der Waals surface area contributed by atoms with E-state index in [1.807, 2.05) is 31.2 Å². The van der Waals surface area contributed by atoms with Crippen molar-refractivity contribution in [1.29, 1.82) is 0 Å². The molecule has 0 unspecified atom stereocenters. The van der Waals surface area contributed by atoms with E-state index in [9.17, 15) is 4.79 Å². The van der Waals surface area contributed by atoms with Gasteiger partial charge in [-0.3, -0.25) is 4.79 Å². The summed E-state index contributed by atoms with van der Waals surface area (Å²) in [7, 11) is 1.60. The second kappa shape index (κ2) is 4.82. The molecule has 0 aliphatic heterocycles. The van der Waals surface area contributed by atoms with Gasteiger partial charge in [0.15, 0.2) is 0 Å². The first-order valence-corrected chi connectivity index (χ1v) is 5.48. The van der Waals surface area contributed by atoms with Crippen molar-refractivity contribution in [2.75, 3.05) is 7.11 Å². The highest BCUT2D eigenvalue weighted by atomic mass is 16.5. The van der Waals surface area contributed by atoms with Crippen molar-refractivity contribution >= 4 is 0 Å². The maximum atomic E-state index is 11.5.